The predicted octanol–water partition coefficient (Wildman–Crippen LogP) is 0.810. The van der Waals surface area contributed by atoms with Gasteiger partial charge < -0.3 is 24.0 Å². The third-order valence-corrected chi connectivity index (χ3v) is 5.59. The molecule has 2 aliphatic heterocycles. The van der Waals surface area contributed by atoms with Crippen LogP contribution in [0.25, 0.3) is 0 Å². The van der Waals surface area contributed by atoms with E-state index >= 15 is 0 Å². The van der Waals surface area contributed by atoms with Crippen molar-refractivity contribution in [2.45, 2.75) is 6.92 Å². The first-order valence-corrected chi connectivity index (χ1v) is 10.1. The molecule has 2 aliphatic rings. The highest BCUT2D eigenvalue weighted by molar-refractivity contribution is 5.93. The second-order valence-corrected chi connectivity index (χ2v) is 7.24. The number of carbonyl (C=O) groups is 2. The van der Waals surface area contributed by atoms with Crippen molar-refractivity contribution in [3.63, 3.8) is 0 Å². The zero-order valence-corrected chi connectivity index (χ0v) is 16.7. The number of likely N-dealkylation sites (N-methyl/N-ethyl adjacent to an activating group) is 1. The minimum absolute atomic E-state index is 0.144. The van der Waals surface area contributed by atoms with Crippen LogP contribution in [0, 0.1) is 0 Å². The molecule has 0 aromatic carbocycles. The molecule has 2 aromatic rings. The smallest absolute Gasteiger partial charge is 0.289 e. The van der Waals surface area contributed by atoms with Crippen LogP contribution in [0.3, 0.4) is 0 Å². The average molecular weight is 398 g/mol. The Morgan fingerprint density at radius 3 is 2.17 bits per heavy atom. The number of anilines is 1. The van der Waals surface area contributed by atoms with Gasteiger partial charge in [-0.3, -0.25) is 9.59 Å². The Bertz CT molecular complexity index is 822. The van der Waals surface area contributed by atoms with Crippen LogP contribution in [-0.4, -0.2) is 95.4 Å². The topological polar surface area (TPSA) is 86.0 Å². The Kier molecular flexibility index (Phi) is 5.75. The summed E-state index contributed by atoms with van der Waals surface area (Å²) in [5, 5.41) is 0. The summed E-state index contributed by atoms with van der Waals surface area (Å²) in [5.74, 6) is 0.844. The van der Waals surface area contributed by atoms with Gasteiger partial charge in [0.25, 0.3) is 11.8 Å². The molecule has 2 saturated heterocycles. The van der Waals surface area contributed by atoms with Crippen molar-refractivity contribution in [3.8, 4) is 0 Å². The van der Waals surface area contributed by atoms with Gasteiger partial charge in [0, 0.05) is 52.4 Å². The molecule has 0 spiro atoms. The van der Waals surface area contributed by atoms with Crippen molar-refractivity contribution in [2.24, 2.45) is 0 Å². The zero-order valence-electron chi connectivity index (χ0n) is 16.7. The molecule has 2 amide bonds. The van der Waals surface area contributed by atoms with Crippen LogP contribution in [0.15, 0.2) is 35.2 Å². The zero-order chi connectivity index (χ0) is 20.2. The van der Waals surface area contributed by atoms with Gasteiger partial charge in [0.05, 0.1) is 18.7 Å². The third-order valence-electron chi connectivity index (χ3n) is 5.59. The van der Waals surface area contributed by atoms with Crippen LogP contribution in [0.5, 0.6) is 0 Å². The van der Waals surface area contributed by atoms with Gasteiger partial charge in [0.1, 0.15) is 11.5 Å². The molecule has 2 aromatic heterocycles. The maximum atomic E-state index is 12.8. The van der Waals surface area contributed by atoms with E-state index in [9.17, 15) is 9.59 Å². The van der Waals surface area contributed by atoms with Crippen molar-refractivity contribution in [3.05, 3.63) is 42.2 Å². The molecule has 4 heterocycles. The molecule has 9 heteroatoms. The monoisotopic (exact) mass is 398 g/mol. The fourth-order valence-electron chi connectivity index (χ4n) is 3.72. The fraction of sp³-hybridized carbons (Fsp3) is 0.500. The largest absolute Gasteiger partial charge is 0.459 e. The van der Waals surface area contributed by atoms with Crippen LogP contribution in [0.2, 0.25) is 0 Å². The summed E-state index contributed by atoms with van der Waals surface area (Å²) in [7, 11) is 0. The summed E-state index contributed by atoms with van der Waals surface area (Å²) in [6.45, 7) is 8.97. The van der Waals surface area contributed by atoms with Crippen LogP contribution in [0.4, 0.5) is 5.82 Å². The summed E-state index contributed by atoms with van der Waals surface area (Å²) >= 11 is 0. The maximum Gasteiger partial charge on any atom is 0.289 e. The van der Waals surface area contributed by atoms with E-state index in [0.29, 0.717) is 37.6 Å². The van der Waals surface area contributed by atoms with Crippen molar-refractivity contribution in [1.82, 2.24) is 24.7 Å². The molecule has 0 atom stereocenters. The Morgan fingerprint density at radius 2 is 1.62 bits per heavy atom. The molecule has 154 valence electrons. The highest BCUT2D eigenvalue weighted by atomic mass is 16.3. The number of amides is 2. The summed E-state index contributed by atoms with van der Waals surface area (Å²) < 4.78 is 5.17. The van der Waals surface area contributed by atoms with E-state index in [1.54, 1.807) is 34.3 Å². The highest BCUT2D eigenvalue weighted by Gasteiger charge is 2.27. The molecule has 0 aliphatic carbocycles. The van der Waals surface area contributed by atoms with Crippen LogP contribution < -0.4 is 4.90 Å². The minimum Gasteiger partial charge on any atom is -0.459 e. The van der Waals surface area contributed by atoms with Gasteiger partial charge in [0.15, 0.2) is 5.76 Å². The Morgan fingerprint density at radius 1 is 0.931 bits per heavy atom. The van der Waals surface area contributed by atoms with Gasteiger partial charge in [-0.1, -0.05) is 6.92 Å². The highest BCUT2D eigenvalue weighted by Crippen LogP contribution is 2.14. The number of furan rings is 1. The lowest BCUT2D eigenvalue weighted by atomic mass is 10.2. The van der Waals surface area contributed by atoms with Gasteiger partial charge >= 0.3 is 0 Å². The van der Waals surface area contributed by atoms with Crippen LogP contribution >= 0.6 is 0 Å². The lowest BCUT2D eigenvalue weighted by molar-refractivity contribution is 0.0515. The molecule has 29 heavy (non-hydrogen) atoms. The molecule has 9 nitrogen and oxygen atoms in total. The quantitative estimate of drug-likeness (QED) is 0.753. The van der Waals surface area contributed by atoms with Crippen molar-refractivity contribution >= 4 is 17.6 Å². The predicted molar refractivity (Wildman–Crippen MR) is 107 cm³/mol. The molecule has 2 fully saturated rings. The second-order valence-electron chi connectivity index (χ2n) is 7.24. The number of hydrogen-bond acceptors (Lipinski definition) is 7. The van der Waals surface area contributed by atoms with Gasteiger partial charge in [0.2, 0.25) is 0 Å². The number of nitrogens with zero attached hydrogens (tertiary/aromatic N) is 6. The summed E-state index contributed by atoms with van der Waals surface area (Å²) in [4.78, 5) is 41.9. The van der Waals surface area contributed by atoms with Gasteiger partial charge in [-0.15, -0.1) is 0 Å². The van der Waals surface area contributed by atoms with Gasteiger partial charge in [-0.2, -0.15) is 0 Å². The molecule has 4 rings (SSSR count). The molecule has 0 N–H and O–H groups in total. The molecular formula is C20H26N6O3. The number of hydrogen-bond donors (Lipinski definition) is 0. The molecule has 0 unspecified atom stereocenters. The summed E-state index contributed by atoms with van der Waals surface area (Å²) in [5.41, 5.74) is 0.340. The number of rotatable bonds is 4. The van der Waals surface area contributed by atoms with Crippen LogP contribution in [0.1, 0.15) is 28.0 Å². The first-order valence-electron chi connectivity index (χ1n) is 10.1. The van der Waals surface area contributed by atoms with E-state index in [0.717, 1.165) is 38.5 Å². The number of carbonyl (C=O) groups excluding carboxylic acids is 2. The standard InChI is InChI=1S/C20H26N6O3/c1-2-23-5-7-24(8-6-23)18-15-21-16(14-22-18)19(27)25-9-11-26(12-10-25)20(28)17-4-3-13-29-17/h3-4,13-15H,2,5-12H2,1H3. The molecule has 0 radical (unpaired) electrons. The normalized spacial score (nSPS) is 18.2. The lowest BCUT2D eigenvalue weighted by Gasteiger charge is -2.35. The van der Waals surface area contributed by atoms with E-state index in [4.69, 9.17) is 4.42 Å². The Hall–Kier alpha value is -2.94. The van der Waals surface area contributed by atoms with Crippen molar-refractivity contribution in [1.29, 1.82) is 0 Å². The lowest BCUT2D eigenvalue weighted by Crippen LogP contribution is -2.50. The third kappa shape index (κ3) is 4.24. The average Bonchev–Trinajstić information content (AvgIpc) is 3.33. The maximum absolute atomic E-state index is 12.8. The number of aromatic nitrogens is 2. The summed E-state index contributed by atoms with van der Waals surface area (Å²) in [6, 6.07) is 3.35. The number of piperazine rings is 2. The molecule has 0 bridgehead atoms. The first kappa shape index (κ1) is 19.4. The van der Waals surface area contributed by atoms with Crippen molar-refractivity contribution < 1.29 is 14.0 Å². The van der Waals surface area contributed by atoms with E-state index in [2.05, 4.69) is 26.7 Å². The second kappa shape index (κ2) is 8.60. The fourth-order valence-corrected chi connectivity index (χ4v) is 3.72. The van der Waals surface area contributed by atoms with Crippen LogP contribution in [-0.2, 0) is 0 Å². The van der Waals surface area contributed by atoms with E-state index in [1.165, 1.54) is 6.26 Å². The van der Waals surface area contributed by atoms with E-state index in [-0.39, 0.29) is 11.8 Å². The first-order chi connectivity index (χ1) is 14.2. The Labute approximate surface area is 169 Å². The van der Waals surface area contributed by atoms with E-state index < -0.39 is 0 Å². The SMILES string of the molecule is CCN1CCN(c2cnc(C(=O)N3CCN(C(=O)c4ccco4)CC3)cn2)CC1. The van der Waals surface area contributed by atoms with E-state index in [1.807, 2.05) is 0 Å². The molecule has 0 saturated carbocycles. The minimum atomic E-state index is -0.148. The molecular weight excluding hydrogens is 372 g/mol. The van der Waals surface area contributed by atoms with Gasteiger partial charge in [-0.25, -0.2) is 9.97 Å². The summed E-state index contributed by atoms with van der Waals surface area (Å²) in [6.07, 6.45) is 4.73. The van der Waals surface area contributed by atoms with Crippen molar-refractivity contribution in [2.75, 3.05) is 63.8 Å². The van der Waals surface area contributed by atoms with Gasteiger partial charge in [-0.05, 0) is 18.7 Å². The Balaban J connectivity index is 1.31.